The van der Waals surface area contributed by atoms with Crippen LogP contribution in [0.2, 0.25) is 0 Å². The predicted octanol–water partition coefficient (Wildman–Crippen LogP) is 2.98. The molecule has 0 aliphatic rings. The van der Waals surface area contributed by atoms with E-state index in [2.05, 4.69) is 43.4 Å². The maximum atomic E-state index is 5.27. The van der Waals surface area contributed by atoms with Crippen LogP contribution in [-0.4, -0.2) is 26.3 Å². The van der Waals surface area contributed by atoms with Crippen LogP contribution in [0.1, 0.15) is 37.8 Å². The lowest BCUT2D eigenvalue weighted by Crippen LogP contribution is -2.22. The van der Waals surface area contributed by atoms with Crippen molar-refractivity contribution in [1.29, 1.82) is 0 Å². The van der Waals surface area contributed by atoms with Crippen molar-refractivity contribution in [3.8, 4) is 0 Å². The molecule has 2 heteroatoms. The van der Waals surface area contributed by atoms with E-state index in [0.29, 0.717) is 5.92 Å². The molecule has 96 valence electrons. The van der Waals surface area contributed by atoms with Gasteiger partial charge >= 0.3 is 0 Å². The molecule has 0 spiro atoms. The van der Waals surface area contributed by atoms with Crippen molar-refractivity contribution in [2.75, 3.05) is 26.3 Å². The van der Waals surface area contributed by atoms with Crippen LogP contribution in [-0.2, 0) is 11.2 Å². The molecule has 0 saturated carbocycles. The quantitative estimate of drug-likeness (QED) is 0.699. The molecule has 0 heterocycles. The van der Waals surface area contributed by atoms with E-state index in [1.54, 1.807) is 0 Å². The molecular weight excluding hydrogens is 210 g/mol. The van der Waals surface area contributed by atoms with Crippen LogP contribution in [0.15, 0.2) is 24.3 Å². The fourth-order valence-electron chi connectivity index (χ4n) is 1.72. The summed E-state index contributed by atoms with van der Waals surface area (Å²) in [5.41, 5.74) is 2.82. The zero-order valence-corrected chi connectivity index (χ0v) is 11.3. The normalized spacial score (nSPS) is 11.1. The second-order valence-corrected chi connectivity index (χ2v) is 4.59. The molecule has 0 aromatic heterocycles. The number of benzene rings is 1. The van der Waals surface area contributed by atoms with Gasteiger partial charge in [0.05, 0.1) is 6.61 Å². The highest BCUT2D eigenvalue weighted by atomic mass is 16.5. The third-order valence-electron chi connectivity index (χ3n) is 2.86. The summed E-state index contributed by atoms with van der Waals surface area (Å²) in [4.78, 5) is 0. The van der Waals surface area contributed by atoms with Crippen LogP contribution < -0.4 is 5.32 Å². The molecule has 17 heavy (non-hydrogen) atoms. The van der Waals surface area contributed by atoms with Gasteiger partial charge in [-0.05, 0) is 36.9 Å². The minimum absolute atomic E-state index is 0.619. The van der Waals surface area contributed by atoms with E-state index in [1.165, 1.54) is 11.1 Å². The first-order chi connectivity index (χ1) is 8.24. The van der Waals surface area contributed by atoms with Crippen molar-refractivity contribution in [3.63, 3.8) is 0 Å². The number of hydrogen-bond donors (Lipinski definition) is 1. The molecule has 1 aromatic rings. The summed E-state index contributed by atoms with van der Waals surface area (Å²) in [5, 5.41) is 3.38. The summed E-state index contributed by atoms with van der Waals surface area (Å²) in [6, 6.07) is 8.94. The van der Waals surface area contributed by atoms with Gasteiger partial charge < -0.3 is 10.1 Å². The first-order valence-electron chi connectivity index (χ1n) is 6.61. The van der Waals surface area contributed by atoms with Crippen LogP contribution in [0, 0.1) is 0 Å². The van der Waals surface area contributed by atoms with Crippen molar-refractivity contribution in [2.24, 2.45) is 0 Å². The van der Waals surface area contributed by atoms with E-state index >= 15 is 0 Å². The zero-order valence-electron chi connectivity index (χ0n) is 11.3. The molecule has 0 radical (unpaired) electrons. The lowest BCUT2D eigenvalue weighted by molar-refractivity contribution is 0.149. The van der Waals surface area contributed by atoms with E-state index in [-0.39, 0.29) is 0 Å². The SMILES string of the molecule is CCOCCNCCc1ccc(C(C)C)cc1. The molecule has 0 bridgehead atoms. The highest BCUT2D eigenvalue weighted by molar-refractivity contribution is 5.24. The Bertz CT molecular complexity index is 292. The number of rotatable bonds is 8. The average molecular weight is 235 g/mol. The largest absolute Gasteiger partial charge is 0.380 e. The molecule has 0 unspecified atom stereocenters. The maximum absolute atomic E-state index is 5.27. The van der Waals surface area contributed by atoms with Gasteiger partial charge in [-0.25, -0.2) is 0 Å². The Morgan fingerprint density at radius 2 is 1.82 bits per heavy atom. The van der Waals surface area contributed by atoms with Gasteiger partial charge in [0.15, 0.2) is 0 Å². The van der Waals surface area contributed by atoms with Gasteiger partial charge in [-0.15, -0.1) is 0 Å². The number of nitrogens with one attached hydrogen (secondary N) is 1. The third kappa shape index (κ3) is 5.85. The Balaban J connectivity index is 2.19. The van der Waals surface area contributed by atoms with E-state index in [1.807, 2.05) is 6.92 Å². The Morgan fingerprint density at radius 3 is 2.41 bits per heavy atom. The fourth-order valence-corrected chi connectivity index (χ4v) is 1.72. The van der Waals surface area contributed by atoms with Crippen LogP contribution in [0.3, 0.4) is 0 Å². The van der Waals surface area contributed by atoms with Crippen molar-refractivity contribution < 1.29 is 4.74 Å². The fraction of sp³-hybridized carbons (Fsp3) is 0.600. The molecule has 0 aliphatic carbocycles. The molecule has 1 rings (SSSR count). The standard InChI is InChI=1S/C15H25NO/c1-4-17-12-11-16-10-9-14-5-7-15(8-6-14)13(2)3/h5-8,13,16H,4,9-12H2,1-3H3. The molecular formula is C15H25NO. The van der Waals surface area contributed by atoms with Gasteiger partial charge in [0.1, 0.15) is 0 Å². The van der Waals surface area contributed by atoms with Gasteiger partial charge in [0.2, 0.25) is 0 Å². The first-order valence-corrected chi connectivity index (χ1v) is 6.61. The van der Waals surface area contributed by atoms with E-state index in [9.17, 15) is 0 Å². The Hall–Kier alpha value is -0.860. The Labute approximate surface area is 105 Å². The highest BCUT2D eigenvalue weighted by Crippen LogP contribution is 2.14. The van der Waals surface area contributed by atoms with Crippen LogP contribution in [0.5, 0.6) is 0 Å². The summed E-state index contributed by atoms with van der Waals surface area (Å²) < 4.78 is 5.27. The smallest absolute Gasteiger partial charge is 0.0590 e. The second-order valence-electron chi connectivity index (χ2n) is 4.59. The number of hydrogen-bond acceptors (Lipinski definition) is 2. The van der Waals surface area contributed by atoms with Crippen molar-refractivity contribution in [2.45, 2.75) is 33.1 Å². The molecule has 0 atom stereocenters. The van der Waals surface area contributed by atoms with E-state index < -0.39 is 0 Å². The summed E-state index contributed by atoms with van der Waals surface area (Å²) in [7, 11) is 0. The van der Waals surface area contributed by atoms with Gasteiger partial charge in [0, 0.05) is 13.2 Å². The van der Waals surface area contributed by atoms with Gasteiger partial charge in [-0.2, -0.15) is 0 Å². The molecule has 0 aliphatic heterocycles. The molecule has 0 fully saturated rings. The lowest BCUT2D eigenvalue weighted by atomic mass is 10.0. The highest BCUT2D eigenvalue weighted by Gasteiger charge is 1.98. The lowest BCUT2D eigenvalue weighted by Gasteiger charge is -2.08. The van der Waals surface area contributed by atoms with Crippen LogP contribution in [0.4, 0.5) is 0 Å². The Kier molecular flexibility index (Phi) is 6.90. The van der Waals surface area contributed by atoms with Gasteiger partial charge in [-0.1, -0.05) is 38.1 Å². The van der Waals surface area contributed by atoms with Crippen molar-refractivity contribution in [1.82, 2.24) is 5.32 Å². The number of ether oxygens (including phenoxy) is 1. The third-order valence-corrected chi connectivity index (χ3v) is 2.86. The van der Waals surface area contributed by atoms with Crippen molar-refractivity contribution >= 4 is 0 Å². The minimum Gasteiger partial charge on any atom is -0.380 e. The first kappa shape index (κ1) is 14.2. The van der Waals surface area contributed by atoms with E-state index in [0.717, 1.165) is 32.7 Å². The predicted molar refractivity (Wildman–Crippen MR) is 73.6 cm³/mol. The molecule has 1 N–H and O–H groups in total. The maximum Gasteiger partial charge on any atom is 0.0590 e. The van der Waals surface area contributed by atoms with Crippen LogP contribution >= 0.6 is 0 Å². The second kappa shape index (κ2) is 8.26. The van der Waals surface area contributed by atoms with E-state index in [4.69, 9.17) is 4.74 Å². The average Bonchev–Trinajstić information content (AvgIpc) is 2.34. The zero-order chi connectivity index (χ0) is 12.5. The topological polar surface area (TPSA) is 21.3 Å². The monoisotopic (exact) mass is 235 g/mol. The molecule has 0 saturated heterocycles. The summed E-state index contributed by atoms with van der Waals surface area (Å²) in [5.74, 6) is 0.619. The van der Waals surface area contributed by atoms with Gasteiger partial charge in [0.25, 0.3) is 0 Å². The van der Waals surface area contributed by atoms with Crippen LogP contribution in [0.25, 0.3) is 0 Å². The summed E-state index contributed by atoms with van der Waals surface area (Å²) in [6.45, 7) is 10.1. The molecule has 0 amide bonds. The van der Waals surface area contributed by atoms with Gasteiger partial charge in [-0.3, -0.25) is 0 Å². The molecule has 1 aromatic carbocycles. The van der Waals surface area contributed by atoms with Crippen molar-refractivity contribution in [3.05, 3.63) is 35.4 Å². The minimum atomic E-state index is 0.619. The summed E-state index contributed by atoms with van der Waals surface area (Å²) >= 11 is 0. The molecule has 2 nitrogen and oxygen atoms in total. The Morgan fingerprint density at radius 1 is 1.12 bits per heavy atom. The summed E-state index contributed by atoms with van der Waals surface area (Å²) in [6.07, 6.45) is 1.09.